The Morgan fingerprint density at radius 1 is 0.900 bits per heavy atom. The van der Waals surface area contributed by atoms with Gasteiger partial charge in [-0.25, -0.2) is 4.79 Å². The minimum atomic E-state index is -0.654. The van der Waals surface area contributed by atoms with E-state index in [1.165, 1.54) is 12.1 Å². The van der Waals surface area contributed by atoms with Crippen LogP contribution >= 0.6 is 15.9 Å². The van der Waals surface area contributed by atoms with Crippen LogP contribution in [0.3, 0.4) is 0 Å². The van der Waals surface area contributed by atoms with Crippen LogP contribution in [0.5, 0.6) is 17.2 Å². The number of amides is 1. The number of benzene rings is 2. The lowest BCUT2D eigenvalue weighted by Crippen LogP contribution is -2.28. The maximum absolute atomic E-state index is 12.5. The Bertz CT molecular complexity index is 826. The summed E-state index contributed by atoms with van der Waals surface area (Å²) in [5, 5.41) is 2.71. The first kappa shape index (κ1) is 23.5. The molecule has 0 saturated heterocycles. The summed E-state index contributed by atoms with van der Waals surface area (Å²) >= 11 is 3.36. The Balaban J connectivity index is 2.02. The van der Waals surface area contributed by atoms with E-state index in [4.69, 9.17) is 18.9 Å². The number of hydrogen-bond acceptors (Lipinski definition) is 6. The van der Waals surface area contributed by atoms with E-state index in [2.05, 4.69) is 21.2 Å². The number of nitrogens with one attached hydrogen (secondary N) is 1. The SMILES string of the molecule is CCOc1cc(C(=O)OCC(=O)NCc2ccc(Br)cc2)cc(OCC)c1OCC. The van der Waals surface area contributed by atoms with Gasteiger partial charge < -0.3 is 24.3 Å². The van der Waals surface area contributed by atoms with E-state index in [0.717, 1.165) is 10.0 Å². The van der Waals surface area contributed by atoms with Crippen LogP contribution in [0.1, 0.15) is 36.7 Å². The summed E-state index contributed by atoms with van der Waals surface area (Å²) in [6.07, 6.45) is 0. The highest BCUT2D eigenvalue weighted by atomic mass is 79.9. The van der Waals surface area contributed by atoms with Gasteiger partial charge >= 0.3 is 5.97 Å². The molecular formula is C22H26BrNO6. The molecule has 162 valence electrons. The molecule has 7 nitrogen and oxygen atoms in total. The quantitative estimate of drug-likeness (QED) is 0.488. The third kappa shape index (κ3) is 6.95. The van der Waals surface area contributed by atoms with Gasteiger partial charge in [-0.3, -0.25) is 4.79 Å². The fraction of sp³-hybridized carbons (Fsp3) is 0.364. The number of ether oxygens (including phenoxy) is 4. The van der Waals surface area contributed by atoms with Crippen molar-refractivity contribution in [1.82, 2.24) is 5.32 Å². The third-order valence-corrected chi connectivity index (χ3v) is 4.41. The Kier molecular flexibility index (Phi) is 9.47. The molecule has 0 atom stereocenters. The van der Waals surface area contributed by atoms with Gasteiger partial charge in [-0.1, -0.05) is 28.1 Å². The van der Waals surface area contributed by atoms with E-state index in [9.17, 15) is 9.59 Å². The summed E-state index contributed by atoms with van der Waals surface area (Å²) in [5.41, 5.74) is 1.15. The fourth-order valence-corrected chi connectivity index (χ4v) is 2.84. The monoisotopic (exact) mass is 479 g/mol. The first-order valence-electron chi connectivity index (χ1n) is 9.73. The topological polar surface area (TPSA) is 83.1 Å². The number of carbonyl (C=O) groups excluding carboxylic acids is 2. The van der Waals surface area contributed by atoms with Crippen LogP contribution in [0, 0.1) is 0 Å². The molecule has 2 aromatic carbocycles. The molecule has 0 aromatic heterocycles. The standard InChI is InChI=1S/C22H26BrNO6/c1-4-27-18-11-16(12-19(28-5-2)21(18)29-6-3)22(26)30-14-20(25)24-13-15-7-9-17(23)10-8-15/h7-12H,4-6,13-14H2,1-3H3,(H,24,25). The number of rotatable bonds is 11. The van der Waals surface area contributed by atoms with Crippen molar-refractivity contribution in [3.05, 3.63) is 52.0 Å². The molecular weight excluding hydrogens is 454 g/mol. The molecule has 0 aliphatic heterocycles. The molecule has 2 aromatic rings. The first-order chi connectivity index (χ1) is 14.5. The van der Waals surface area contributed by atoms with Gasteiger partial charge in [0.05, 0.1) is 25.4 Å². The zero-order chi connectivity index (χ0) is 21.9. The van der Waals surface area contributed by atoms with E-state index in [0.29, 0.717) is 43.6 Å². The first-order valence-corrected chi connectivity index (χ1v) is 10.5. The Hall–Kier alpha value is -2.74. The fourth-order valence-electron chi connectivity index (χ4n) is 2.57. The van der Waals surface area contributed by atoms with E-state index in [-0.39, 0.29) is 5.56 Å². The molecule has 2 rings (SSSR count). The van der Waals surface area contributed by atoms with Crippen LogP contribution in [-0.2, 0) is 16.1 Å². The zero-order valence-corrected chi connectivity index (χ0v) is 18.9. The van der Waals surface area contributed by atoms with Crippen LogP contribution in [0.2, 0.25) is 0 Å². The van der Waals surface area contributed by atoms with Crippen molar-refractivity contribution in [1.29, 1.82) is 0 Å². The van der Waals surface area contributed by atoms with Crippen molar-refractivity contribution in [3.8, 4) is 17.2 Å². The van der Waals surface area contributed by atoms with Gasteiger partial charge in [0, 0.05) is 11.0 Å². The van der Waals surface area contributed by atoms with E-state index in [1.807, 2.05) is 45.0 Å². The van der Waals surface area contributed by atoms with Crippen LogP contribution in [0.25, 0.3) is 0 Å². The molecule has 1 N–H and O–H groups in total. The molecule has 0 heterocycles. The van der Waals surface area contributed by atoms with Gasteiger partial charge in [0.2, 0.25) is 5.75 Å². The van der Waals surface area contributed by atoms with Gasteiger partial charge in [-0.05, 0) is 50.6 Å². The molecule has 0 aliphatic rings. The molecule has 0 unspecified atom stereocenters. The summed E-state index contributed by atoms with van der Waals surface area (Å²) in [5.74, 6) is 0.157. The minimum absolute atomic E-state index is 0.214. The number of carbonyl (C=O) groups is 2. The van der Waals surface area contributed by atoms with Gasteiger partial charge in [-0.15, -0.1) is 0 Å². The maximum atomic E-state index is 12.5. The minimum Gasteiger partial charge on any atom is -0.490 e. The highest BCUT2D eigenvalue weighted by Crippen LogP contribution is 2.39. The Morgan fingerprint density at radius 3 is 2.00 bits per heavy atom. The highest BCUT2D eigenvalue weighted by molar-refractivity contribution is 9.10. The maximum Gasteiger partial charge on any atom is 0.338 e. The molecule has 0 saturated carbocycles. The van der Waals surface area contributed by atoms with Gasteiger partial charge in [0.1, 0.15) is 0 Å². The summed E-state index contributed by atoms with van der Waals surface area (Å²) in [4.78, 5) is 24.5. The summed E-state index contributed by atoms with van der Waals surface area (Å²) < 4.78 is 22.9. The smallest absolute Gasteiger partial charge is 0.338 e. The van der Waals surface area contributed by atoms with Crippen molar-refractivity contribution in [2.75, 3.05) is 26.4 Å². The lowest BCUT2D eigenvalue weighted by molar-refractivity contribution is -0.124. The zero-order valence-electron chi connectivity index (χ0n) is 17.3. The average Bonchev–Trinajstić information content (AvgIpc) is 2.74. The van der Waals surface area contributed by atoms with Crippen molar-refractivity contribution in [3.63, 3.8) is 0 Å². The van der Waals surface area contributed by atoms with Gasteiger partial charge in [0.25, 0.3) is 5.91 Å². The van der Waals surface area contributed by atoms with Crippen LogP contribution in [-0.4, -0.2) is 38.3 Å². The van der Waals surface area contributed by atoms with Gasteiger partial charge in [-0.2, -0.15) is 0 Å². The average molecular weight is 480 g/mol. The molecule has 0 spiro atoms. The third-order valence-electron chi connectivity index (χ3n) is 3.88. The molecule has 8 heteroatoms. The lowest BCUT2D eigenvalue weighted by Gasteiger charge is -2.16. The predicted molar refractivity (Wildman–Crippen MR) is 116 cm³/mol. The van der Waals surface area contributed by atoms with Crippen LogP contribution < -0.4 is 19.5 Å². The summed E-state index contributed by atoms with van der Waals surface area (Å²) in [6.45, 7) is 6.66. The molecule has 0 bridgehead atoms. The van der Waals surface area contributed by atoms with Crippen LogP contribution in [0.15, 0.2) is 40.9 Å². The van der Waals surface area contributed by atoms with E-state index >= 15 is 0 Å². The molecule has 0 radical (unpaired) electrons. The van der Waals surface area contributed by atoms with Crippen LogP contribution in [0.4, 0.5) is 0 Å². The lowest BCUT2D eigenvalue weighted by atomic mass is 10.2. The van der Waals surface area contributed by atoms with Crippen molar-refractivity contribution < 1.29 is 28.5 Å². The number of esters is 1. The second-order valence-electron chi connectivity index (χ2n) is 6.08. The highest BCUT2D eigenvalue weighted by Gasteiger charge is 2.19. The number of hydrogen-bond donors (Lipinski definition) is 1. The molecule has 1 amide bonds. The van der Waals surface area contributed by atoms with E-state index < -0.39 is 18.5 Å². The van der Waals surface area contributed by atoms with Crippen molar-refractivity contribution in [2.24, 2.45) is 0 Å². The normalized spacial score (nSPS) is 10.3. The largest absolute Gasteiger partial charge is 0.490 e. The second-order valence-corrected chi connectivity index (χ2v) is 7.00. The Labute approximate surface area is 184 Å². The van der Waals surface area contributed by atoms with Crippen molar-refractivity contribution in [2.45, 2.75) is 27.3 Å². The van der Waals surface area contributed by atoms with Gasteiger partial charge in [0.15, 0.2) is 18.1 Å². The number of halogens is 1. The van der Waals surface area contributed by atoms with Crippen molar-refractivity contribution >= 4 is 27.8 Å². The summed E-state index contributed by atoms with van der Waals surface area (Å²) in [6, 6.07) is 10.6. The molecule has 0 fully saturated rings. The molecule has 30 heavy (non-hydrogen) atoms. The van der Waals surface area contributed by atoms with E-state index in [1.54, 1.807) is 0 Å². The summed E-state index contributed by atoms with van der Waals surface area (Å²) in [7, 11) is 0. The Morgan fingerprint density at radius 2 is 1.47 bits per heavy atom. The predicted octanol–water partition coefficient (Wildman–Crippen LogP) is 4.12. The second kappa shape index (κ2) is 12.1. The molecule has 0 aliphatic carbocycles.